The highest BCUT2D eigenvalue weighted by Gasteiger charge is 2.25. The summed E-state index contributed by atoms with van der Waals surface area (Å²) in [6.07, 6.45) is 1.32. The minimum absolute atomic E-state index is 0.0119. The van der Waals surface area contributed by atoms with Gasteiger partial charge < -0.3 is 4.90 Å². The second kappa shape index (κ2) is 4.23. The molecule has 0 unspecified atom stereocenters. The predicted molar refractivity (Wildman–Crippen MR) is 57.4 cm³/mol. The van der Waals surface area contributed by atoms with Crippen LogP contribution in [0.15, 0.2) is 6.20 Å². The Morgan fingerprint density at radius 3 is 2.50 bits per heavy atom. The fourth-order valence-electron chi connectivity index (χ4n) is 1.35. The predicted octanol–water partition coefficient (Wildman–Crippen LogP) is 0.246. The van der Waals surface area contributed by atoms with Crippen molar-refractivity contribution in [3.63, 3.8) is 0 Å². The molecule has 0 spiro atoms. The quantitative estimate of drug-likeness (QED) is 0.579. The molecule has 1 aliphatic rings. The van der Waals surface area contributed by atoms with Gasteiger partial charge >= 0.3 is 0 Å². The van der Waals surface area contributed by atoms with E-state index >= 15 is 0 Å². The molecule has 8 heteroatoms. The molecule has 1 aliphatic heterocycles. The molecule has 1 saturated heterocycles. The highest BCUT2D eigenvalue weighted by atomic mass is 35.5. The minimum Gasteiger partial charge on any atom is -0.337 e. The topological polar surface area (TPSA) is 75.2 Å². The van der Waals surface area contributed by atoms with Gasteiger partial charge in [-0.2, -0.15) is 4.98 Å². The van der Waals surface area contributed by atoms with Gasteiger partial charge in [-0.25, -0.2) is 4.98 Å². The van der Waals surface area contributed by atoms with Crippen LogP contribution in [0.1, 0.15) is 0 Å². The summed E-state index contributed by atoms with van der Waals surface area (Å²) in [7, 11) is 0. The molecule has 1 N–H and O–H groups in total. The van der Waals surface area contributed by atoms with Gasteiger partial charge in [0, 0.05) is 0 Å². The number of nitrogens with one attached hydrogen (secondary N) is 1. The molecule has 0 aromatic carbocycles. The van der Waals surface area contributed by atoms with E-state index < -0.39 is 11.8 Å². The van der Waals surface area contributed by atoms with E-state index in [2.05, 4.69) is 15.3 Å². The number of piperazine rings is 1. The van der Waals surface area contributed by atoms with Crippen LogP contribution in [0.2, 0.25) is 10.3 Å². The molecular weight excluding hydrogens is 255 g/mol. The molecule has 16 heavy (non-hydrogen) atoms. The normalized spacial score (nSPS) is 16.2. The van der Waals surface area contributed by atoms with E-state index in [1.165, 1.54) is 11.1 Å². The van der Waals surface area contributed by atoms with E-state index in [0.717, 1.165) is 0 Å². The Bertz CT molecular complexity index is 449. The molecule has 0 saturated carbocycles. The van der Waals surface area contributed by atoms with Gasteiger partial charge in [-0.05, 0) is 11.6 Å². The van der Waals surface area contributed by atoms with Crippen molar-refractivity contribution in [3.8, 4) is 0 Å². The Kier molecular flexibility index (Phi) is 2.93. The molecular formula is C8H6Cl2N4O2. The van der Waals surface area contributed by atoms with Crippen LogP contribution in [0.4, 0.5) is 5.82 Å². The second-order valence-corrected chi connectivity index (χ2v) is 3.88. The third-order valence-electron chi connectivity index (χ3n) is 1.94. The van der Waals surface area contributed by atoms with Crippen molar-refractivity contribution < 1.29 is 9.59 Å². The standard InChI is InChI=1S/C8H6Cl2N4O2/c9-4-1-11-8(10)13-7(4)14-2-5(15)12-6(16)3-14/h1H,2-3H2,(H,12,15,16). The maximum Gasteiger partial charge on any atom is 0.246 e. The van der Waals surface area contributed by atoms with E-state index in [4.69, 9.17) is 23.2 Å². The number of rotatable bonds is 1. The number of hydrogen-bond acceptors (Lipinski definition) is 5. The molecule has 0 atom stereocenters. The number of amides is 2. The summed E-state index contributed by atoms with van der Waals surface area (Å²) in [5.74, 6) is -0.519. The minimum atomic E-state index is -0.401. The highest BCUT2D eigenvalue weighted by molar-refractivity contribution is 6.33. The maximum absolute atomic E-state index is 11.2. The molecule has 1 aromatic heterocycles. The molecule has 1 aromatic rings. The number of imide groups is 1. The van der Waals surface area contributed by atoms with Gasteiger partial charge in [0.15, 0.2) is 5.82 Å². The molecule has 84 valence electrons. The summed E-state index contributed by atoms with van der Waals surface area (Å²) in [6.45, 7) is 0.0254. The van der Waals surface area contributed by atoms with E-state index in [0.29, 0.717) is 0 Å². The van der Waals surface area contributed by atoms with Crippen LogP contribution in [-0.4, -0.2) is 34.9 Å². The van der Waals surface area contributed by atoms with Gasteiger partial charge in [0.05, 0.1) is 19.3 Å². The lowest BCUT2D eigenvalue weighted by molar-refractivity contribution is -0.130. The van der Waals surface area contributed by atoms with Crippen molar-refractivity contribution in [2.75, 3.05) is 18.0 Å². The molecule has 0 bridgehead atoms. The zero-order valence-corrected chi connectivity index (χ0v) is 9.42. The van der Waals surface area contributed by atoms with Crippen LogP contribution in [0.3, 0.4) is 0 Å². The van der Waals surface area contributed by atoms with Gasteiger partial charge in [-0.1, -0.05) is 11.6 Å². The number of hydrogen-bond donors (Lipinski definition) is 1. The first-order valence-electron chi connectivity index (χ1n) is 4.32. The smallest absolute Gasteiger partial charge is 0.246 e. The maximum atomic E-state index is 11.2. The SMILES string of the molecule is O=C1CN(c2nc(Cl)ncc2Cl)CC(=O)N1. The number of halogens is 2. The van der Waals surface area contributed by atoms with E-state index in [9.17, 15) is 9.59 Å². The van der Waals surface area contributed by atoms with Gasteiger partial charge in [0.2, 0.25) is 17.1 Å². The average Bonchev–Trinajstić information content (AvgIpc) is 2.20. The molecule has 2 heterocycles. The number of anilines is 1. The Morgan fingerprint density at radius 2 is 1.88 bits per heavy atom. The van der Waals surface area contributed by atoms with E-state index in [1.807, 2.05) is 0 Å². The molecule has 2 rings (SSSR count). The van der Waals surface area contributed by atoms with Crippen LogP contribution in [0.25, 0.3) is 0 Å². The fraction of sp³-hybridized carbons (Fsp3) is 0.250. The van der Waals surface area contributed by atoms with Crippen molar-refractivity contribution in [1.29, 1.82) is 0 Å². The summed E-state index contributed by atoms with van der Waals surface area (Å²) in [5, 5.41) is 2.43. The lowest BCUT2D eigenvalue weighted by atomic mass is 10.3. The first-order chi connectivity index (χ1) is 7.56. The number of carbonyl (C=O) groups excluding carboxylic acids is 2. The summed E-state index contributed by atoms with van der Waals surface area (Å²) in [5.41, 5.74) is 0. The van der Waals surface area contributed by atoms with E-state index in [1.54, 1.807) is 0 Å². The Morgan fingerprint density at radius 1 is 1.25 bits per heavy atom. The van der Waals surface area contributed by atoms with Gasteiger partial charge in [-0.15, -0.1) is 0 Å². The van der Waals surface area contributed by atoms with Crippen molar-refractivity contribution >= 4 is 40.8 Å². The van der Waals surface area contributed by atoms with Gasteiger partial charge in [0.25, 0.3) is 0 Å². The first kappa shape index (κ1) is 11.1. The molecule has 0 aliphatic carbocycles. The Balaban J connectivity index is 2.32. The van der Waals surface area contributed by atoms with Crippen molar-refractivity contribution in [2.24, 2.45) is 0 Å². The third-order valence-corrected chi connectivity index (χ3v) is 2.39. The Labute approximate surface area is 101 Å². The second-order valence-electron chi connectivity index (χ2n) is 3.14. The lowest BCUT2D eigenvalue weighted by Gasteiger charge is -2.26. The first-order valence-corrected chi connectivity index (χ1v) is 5.07. The number of carbonyl (C=O) groups is 2. The van der Waals surface area contributed by atoms with Crippen LogP contribution < -0.4 is 10.2 Å². The highest BCUT2D eigenvalue weighted by Crippen LogP contribution is 2.23. The van der Waals surface area contributed by atoms with Crippen molar-refractivity contribution in [1.82, 2.24) is 15.3 Å². The van der Waals surface area contributed by atoms with Gasteiger partial charge in [-0.3, -0.25) is 14.9 Å². The average molecular weight is 261 g/mol. The largest absolute Gasteiger partial charge is 0.337 e. The van der Waals surface area contributed by atoms with Crippen LogP contribution in [-0.2, 0) is 9.59 Å². The summed E-state index contributed by atoms with van der Waals surface area (Å²) >= 11 is 11.5. The zero-order valence-electron chi connectivity index (χ0n) is 7.91. The lowest BCUT2D eigenvalue weighted by Crippen LogP contribution is -2.51. The van der Waals surface area contributed by atoms with E-state index in [-0.39, 0.29) is 29.2 Å². The molecule has 2 amide bonds. The number of aromatic nitrogens is 2. The van der Waals surface area contributed by atoms with Crippen molar-refractivity contribution in [2.45, 2.75) is 0 Å². The molecule has 0 radical (unpaired) electrons. The third kappa shape index (κ3) is 2.23. The monoisotopic (exact) mass is 260 g/mol. The number of nitrogens with zero attached hydrogens (tertiary/aromatic N) is 3. The van der Waals surface area contributed by atoms with Crippen LogP contribution >= 0.6 is 23.2 Å². The molecule has 6 nitrogen and oxygen atoms in total. The van der Waals surface area contributed by atoms with Crippen LogP contribution in [0.5, 0.6) is 0 Å². The summed E-state index contributed by atoms with van der Waals surface area (Å²) in [6, 6.07) is 0. The Hall–Kier alpha value is -1.40. The fourth-order valence-corrected chi connectivity index (χ4v) is 1.69. The zero-order chi connectivity index (χ0) is 11.7. The molecule has 1 fully saturated rings. The van der Waals surface area contributed by atoms with Gasteiger partial charge in [0.1, 0.15) is 5.02 Å². The van der Waals surface area contributed by atoms with Crippen LogP contribution in [0, 0.1) is 0 Å². The van der Waals surface area contributed by atoms with Crippen molar-refractivity contribution in [3.05, 3.63) is 16.5 Å². The summed E-state index contributed by atoms with van der Waals surface area (Å²) in [4.78, 5) is 31.3. The summed E-state index contributed by atoms with van der Waals surface area (Å²) < 4.78 is 0.